The maximum atomic E-state index is 15.0. The van der Waals surface area contributed by atoms with Crippen molar-refractivity contribution in [2.75, 3.05) is 0 Å². The third kappa shape index (κ3) is 3.07. The molecule has 0 aliphatic heterocycles. The Morgan fingerprint density at radius 1 is 0.583 bits per heavy atom. The Morgan fingerprint density at radius 2 is 1.22 bits per heavy atom. The minimum atomic E-state index is -3.11. The normalized spacial score (nSPS) is 12.1. The lowest BCUT2D eigenvalue weighted by Crippen LogP contribution is -2.24. The van der Waals surface area contributed by atoms with Crippen molar-refractivity contribution >= 4 is 73.0 Å². The number of fused-ring (bicyclic) bond motifs is 8. The van der Waals surface area contributed by atoms with Crippen LogP contribution in [0, 0.1) is 0 Å². The zero-order valence-corrected chi connectivity index (χ0v) is 20.8. The molecular formula is C31H20ClN2OP. The van der Waals surface area contributed by atoms with Crippen LogP contribution < -0.4 is 15.9 Å². The molecular weight excluding hydrogens is 483 g/mol. The second-order valence-electron chi connectivity index (χ2n) is 8.93. The molecule has 5 heteroatoms. The minimum Gasteiger partial charge on any atom is -0.309 e. The van der Waals surface area contributed by atoms with Crippen molar-refractivity contribution in [3.63, 3.8) is 0 Å². The van der Waals surface area contributed by atoms with Gasteiger partial charge in [-0.05, 0) is 41.8 Å². The molecule has 0 bridgehead atoms. The number of imidazole rings is 1. The van der Waals surface area contributed by atoms with E-state index in [1.165, 1.54) is 0 Å². The van der Waals surface area contributed by atoms with E-state index in [0.717, 1.165) is 54.3 Å². The average Bonchev–Trinajstić information content (AvgIpc) is 3.33. The van der Waals surface area contributed by atoms with E-state index in [1.807, 2.05) is 103 Å². The SMILES string of the molecule is O=P(c1ccccc1)(c1ccccc1)c1ccc2c(c1)c1ccc(Cl)cc1n1c3ccccc3nc21. The first-order valence-electron chi connectivity index (χ1n) is 11.8. The first kappa shape index (κ1) is 21.4. The third-order valence-electron chi connectivity index (χ3n) is 6.90. The van der Waals surface area contributed by atoms with Crippen LogP contribution in [0.4, 0.5) is 0 Å². The fourth-order valence-corrected chi connectivity index (χ4v) is 8.08. The summed E-state index contributed by atoms with van der Waals surface area (Å²) < 4.78 is 17.2. The van der Waals surface area contributed by atoms with Crippen LogP contribution in [-0.4, -0.2) is 9.38 Å². The number of halogens is 1. The van der Waals surface area contributed by atoms with Gasteiger partial charge in [0.1, 0.15) is 5.65 Å². The standard InChI is InChI=1S/C31H20ClN2OP/c32-21-15-17-25-27-20-24(36(35,22-9-3-1-4-10-22)23-11-5-2-6-12-23)16-18-26(27)31-33-28-13-7-8-14-29(28)34(31)30(25)19-21/h1-20H. The lowest BCUT2D eigenvalue weighted by Gasteiger charge is -2.21. The van der Waals surface area contributed by atoms with E-state index >= 15 is 4.57 Å². The first-order valence-corrected chi connectivity index (χ1v) is 13.9. The van der Waals surface area contributed by atoms with E-state index in [4.69, 9.17) is 16.6 Å². The first-order chi connectivity index (χ1) is 17.6. The zero-order chi connectivity index (χ0) is 24.3. The fourth-order valence-electron chi connectivity index (χ4n) is 5.24. The third-order valence-corrected chi connectivity index (χ3v) is 10.2. The number of aromatic nitrogens is 2. The molecule has 2 aromatic heterocycles. The predicted molar refractivity (Wildman–Crippen MR) is 152 cm³/mol. The van der Waals surface area contributed by atoms with Crippen LogP contribution in [0.5, 0.6) is 0 Å². The molecule has 0 saturated heterocycles. The summed E-state index contributed by atoms with van der Waals surface area (Å²) in [6.07, 6.45) is 0. The highest BCUT2D eigenvalue weighted by molar-refractivity contribution is 7.85. The van der Waals surface area contributed by atoms with Gasteiger partial charge in [0.2, 0.25) is 0 Å². The molecule has 0 atom stereocenters. The topological polar surface area (TPSA) is 34.4 Å². The van der Waals surface area contributed by atoms with Crippen molar-refractivity contribution in [3.05, 3.63) is 126 Å². The molecule has 3 nitrogen and oxygen atoms in total. The van der Waals surface area contributed by atoms with E-state index in [-0.39, 0.29) is 0 Å². The van der Waals surface area contributed by atoms with Crippen LogP contribution >= 0.6 is 18.7 Å². The Kier molecular flexibility index (Phi) is 4.79. The number of rotatable bonds is 3. The number of benzene rings is 5. The average molecular weight is 503 g/mol. The molecule has 0 aliphatic carbocycles. The van der Waals surface area contributed by atoms with Crippen LogP contribution in [-0.2, 0) is 4.57 Å². The number of hydrogen-bond donors (Lipinski definition) is 0. The molecule has 0 aliphatic rings. The molecule has 7 aromatic rings. The van der Waals surface area contributed by atoms with Crippen molar-refractivity contribution < 1.29 is 4.57 Å². The summed E-state index contributed by atoms with van der Waals surface area (Å²) in [6.45, 7) is 0. The second-order valence-corrected chi connectivity index (χ2v) is 12.1. The highest BCUT2D eigenvalue weighted by atomic mass is 35.5. The van der Waals surface area contributed by atoms with E-state index in [9.17, 15) is 0 Å². The lowest BCUT2D eigenvalue weighted by molar-refractivity contribution is 0.592. The minimum absolute atomic E-state index is 0.663. The Bertz CT molecular complexity index is 1940. The smallest absolute Gasteiger partial charge is 0.171 e. The van der Waals surface area contributed by atoms with E-state index in [0.29, 0.717) is 5.02 Å². The lowest BCUT2D eigenvalue weighted by atomic mass is 10.1. The molecule has 0 radical (unpaired) electrons. The van der Waals surface area contributed by atoms with Crippen LogP contribution in [0.3, 0.4) is 0 Å². The molecule has 0 saturated carbocycles. The van der Waals surface area contributed by atoms with Gasteiger partial charge in [-0.25, -0.2) is 4.98 Å². The molecule has 0 fully saturated rings. The van der Waals surface area contributed by atoms with Gasteiger partial charge in [0.15, 0.2) is 7.14 Å². The van der Waals surface area contributed by atoms with Gasteiger partial charge in [-0.2, -0.15) is 0 Å². The van der Waals surface area contributed by atoms with Crippen molar-refractivity contribution in [1.29, 1.82) is 0 Å². The summed E-state index contributed by atoms with van der Waals surface area (Å²) >= 11 is 6.47. The Morgan fingerprint density at radius 3 is 1.94 bits per heavy atom. The summed E-state index contributed by atoms with van der Waals surface area (Å²) in [5.74, 6) is 0. The Balaban J connectivity index is 1.62. The summed E-state index contributed by atoms with van der Waals surface area (Å²) in [4.78, 5) is 4.98. The van der Waals surface area contributed by atoms with Crippen LogP contribution in [0.25, 0.3) is 38.4 Å². The van der Waals surface area contributed by atoms with Crippen LogP contribution in [0.1, 0.15) is 0 Å². The van der Waals surface area contributed by atoms with Gasteiger partial charge < -0.3 is 4.57 Å². The largest absolute Gasteiger partial charge is 0.309 e. The number of nitrogens with zero attached hydrogens (tertiary/aromatic N) is 2. The number of pyridine rings is 1. The van der Waals surface area contributed by atoms with E-state index in [1.54, 1.807) is 0 Å². The molecule has 7 rings (SSSR count). The summed E-state index contributed by atoms with van der Waals surface area (Å²) in [5, 5.41) is 6.15. The molecule has 2 heterocycles. The monoisotopic (exact) mass is 502 g/mol. The van der Waals surface area contributed by atoms with Gasteiger partial charge in [-0.15, -0.1) is 0 Å². The van der Waals surface area contributed by atoms with Crippen molar-refractivity contribution in [2.45, 2.75) is 0 Å². The quantitative estimate of drug-likeness (QED) is 0.191. The molecule has 0 spiro atoms. The molecule has 5 aromatic carbocycles. The van der Waals surface area contributed by atoms with Gasteiger partial charge in [0.25, 0.3) is 0 Å². The van der Waals surface area contributed by atoms with Gasteiger partial charge in [-0.1, -0.05) is 96.5 Å². The highest BCUT2D eigenvalue weighted by Crippen LogP contribution is 2.44. The van der Waals surface area contributed by atoms with E-state index < -0.39 is 7.14 Å². The summed E-state index contributed by atoms with van der Waals surface area (Å²) in [5.41, 5.74) is 3.80. The number of para-hydroxylation sites is 2. The van der Waals surface area contributed by atoms with Gasteiger partial charge in [0.05, 0.1) is 16.6 Å². The number of hydrogen-bond acceptors (Lipinski definition) is 2. The van der Waals surface area contributed by atoms with Crippen LogP contribution in [0.15, 0.2) is 121 Å². The molecule has 172 valence electrons. The van der Waals surface area contributed by atoms with Crippen LogP contribution in [0.2, 0.25) is 5.02 Å². The predicted octanol–water partition coefficient (Wildman–Crippen LogP) is 7.09. The maximum absolute atomic E-state index is 15.0. The fraction of sp³-hybridized carbons (Fsp3) is 0. The molecule has 0 N–H and O–H groups in total. The Labute approximate surface area is 213 Å². The maximum Gasteiger partial charge on any atom is 0.171 e. The molecule has 0 unspecified atom stereocenters. The van der Waals surface area contributed by atoms with E-state index in [2.05, 4.69) is 22.6 Å². The van der Waals surface area contributed by atoms with Crippen molar-refractivity contribution in [3.8, 4) is 0 Å². The van der Waals surface area contributed by atoms with Gasteiger partial charge in [-0.3, -0.25) is 4.40 Å². The summed E-state index contributed by atoms with van der Waals surface area (Å²) in [7, 11) is -3.11. The highest BCUT2D eigenvalue weighted by Gasteiger charge is 2.30. The zero-order valence-electron chi connectivity index (χ0n) is 19.2. The van der Waals surface area contributed by atoms with Gasteiger partial charge >= 0.3 is 0 Å². The molecule has 0 amide bonds. The Hall–Kier alpha value is -3.91. The second kappa shape index (κ2) is 8.06. The molecule has 36 heavy (non-hydrogen) atoms. The van der Waals surface area contributed by atoms with Crippen molar-refractivity contribution in [2.24, 2.45) is 0 Å². The van der Waals surface area contributed by atoms with Gasteiger partial charge in [0, 0.05) is 31.7 Å². The summed E-state index contributed by atoms with van der Waals surface area (Å²) in [6, 6.07) is 39.8. The van der Waals surface area contributed by atoms with Crippen molar-refractivity contribution in [1.82, 2.24) is 9.38 Å².